The van der Waals surface area contributed by atoms with Crippen LogP contribution in [0.5, 0.6) is 5.75 Å². The van der Waals surface area contributed by atoms with E-state index in [1.165, 1.54) is 13.2 Å². The highest BCUT2D eigenvalue weighted by Gasteiger charge is 2.17. The minimum Gasteiger partial charge on any atom is -0.489 e. The van der Waals surface area contributed by atoms with Crippen molar-refractivity contribution in [2.24, 2.45) is 0 Å². The van der Waals surface area contributed by atoms with Crippen LogP contribution in [0.2, 0.25) is 5.02 Å². The van der Waals surface area contributed by atoms with Gasteiger partial charge in [0.05, 0.1) is 19.4 Å². The second-order valence-corrected chi connectivity index (χ2v) is 4.50. The van der Waals surface area contributed by atoms with Crippen molar-refractivity contribution in [1.29, 1.82) is 0 Å². The van der Waals surface area contributed by atoms with E-state index < -0.39 is 12.0 Å². The van der Waals surface area contributed by atoms with Gasteiger partial charge in [-0.3, -0.25) is 0 Å². The predicted molar refractivity (Wildman–Crippen MR) is 83.1 cm³/mol. The summed E-state index contributed by atoms with van der Waals surface area (Å²) in [6.07, 6.45) is 1.46. The van der Waals surface area contributed by atoms with E-state index in [4.69, 9.17) is 25.8 Å². The molecular weight excluding hydrogens is 294 g/mol. The number of anilines is 1. The van der Waals surface area contributed by atoms with Crippen molar-refractivity contribution < 1.29 is 19.0 Å². The van der Waals surface area contributed by atoms with Crippen LogP contribution in [-0.4, -0.2) is 38.9 Å². The van der Waals surface area contributed by atoms with Gasteiger partial charge in [-0.05, 0) is 25.1 Å². The smallest absolute Gasteiger partial charge is 0.332 e. The summed E-state index contributed by atoms with van der Waals surface area (Å²) in [5.74, 6) is 0.139. The van der Waals surface area contributed by atoms with Gasteiger partial charge in [0, 0.05) is 11.6 Å². The fourth-order valence-electron chi connectivity index (χ4n) is 1.60. The Hall–Kier alpha value is -1.72. The van der Waals surface area contributed by atoms with E-state index >= 15 is 0 Å². The first-order valence-electron chi connectivity index (χ1n) is 6.59. The van der Waals surface area contributed by atoms with E-state index in [1.807, 2.05) is 6.92 Å². The zero-order chi connectivity index (χ0) is 15.7. The zero-order valence-corrected chi connectivity index (χ0v) is 13.0. The molecule has 0 aliphatic heterocycles. The van der Waals surface area contributed by atoms with Crippen molar-refractivity contribution in [3.8, 4) is 5.75 Å². The van der Waals surface area contributed by atoms with Gasteiger partial charge in [-0.1, -0.05) is 17.7 Å². The molecule has 0 spiro atoms. The Kier molecular flexibility index (Phi) is 7.64. The summed E-state index contributed by atoms with van der Waals surface area (Å²) in [4.78, 5) is 11.6. The molecule has 5 nitrogen and oxygen atoms in total. The summed E-state index contributed by atoms with van der Waals surface area (Å²) in [6, 6.07) is 4.44. The summed E-state index contributed by atoms with van der Waals surface area (Å²) in [5, 5.41) is 3.52. The topological polar surface area (TPSA) is 56.8 Å². The van der Waals surface area contributed by atoms with Crippen molar-refractivity contribution in [2.75, 3.05) is 32.2 Å². The molecule has 0 aromatic heterocycles. The van der Waals surface area contributed by atoms with Gasteiger partial charge in [0.25, 0.3) is 0 Å². The first-order valence-corrected chi connectivity index (χ1v) is 6.97. The van der Waals surface area contributed by atoms with Crippen LogP contribution in [0, 0.1) is 0 Å². The second-order valence-electron chi connectivity index (χ2n) is 4.07. The van der Waals surface area contributed by atoms with Crippen LogP contribution >= 0.6 is 11.6 Å². The maximum absolute atomic E-state index is 11.6. The van der Waals surface area contributed by atoms with Crippen molar-refractivity contribution in [3.63, 3.8) is 0 Å². The molecule has 116 valence electrons. The van der Waals surface area contributed by atoms with Gasteiger partial charge in [-0.2, -0.15) is 0 Å². The first-order chi connectivity index (χ1) is 10.1. The first kappa shape index (κ1) is 17.3. The molecule has 0 radical (unpaired) electrons. The Labute approximate surface area is 129 Å². The highest BCUT2D eigenvalue weighted by atomic mass is 35.5. The van der Waals surface area contributed by atoms with E-state index in [9.17, 15) is 4.79 Å². The maximum atomic E-state index is 11.6. The minimum atomic E-state index is -0.678. The number of hydrogen-bond acceptors (Lipinski definition) is 5. The highest BCUT2D eigenvalue weighted by Crippen LogP contribution is 2.28. The third-order valence-electron chi connectivity index (χ3n) is 2.63. The minimum absolute atomic E-state index is 0.404. The molecule has 1 rings (SSSR count). The van der Waals surface area contributed by atoms with Gasteiger partial charge < -0.3 is 19.5 Å². The van der Waals surface area contributed by atoms with Crippen LogP contribution in [0.1, 0.15) is 6.92 Å². The lowest BCUT2D eigenvalue weighted by Gasteiger charge is -2.17. The number of nitrogens with one attached hydrogen (secondary N) is 1. The molecule has 0 aliphatic rings. The quantitative estimate of drug-likeness (QED) is 0.431. The number of carbonyl (C=O) groups is 1. The van der Waals surface area contributed by atoms with Gasteiger partial charge in [0.15, 0.2) is 0 Å². The van der Waals surface area contributed by atoms with E-state index in [0.717, 1.165) is 0 Å². The summed E-state index contributed by atoms with van der Waals surface area (Å²) < 4.78 is 15.5. The Morgan fingerprint density at radius 1 is 1.48 bits per heavy atom. The zero-order valence-electron chi connectivity index (χ0n) is 12.2. The average molecular weight is 314 g/mol. The molecule has 1 unspecified atom stereocenters. The number of ether oxygens (including phenoxy) is 3. The van der Waals surface area contributed by atoms with E-state index in [0.29, 0.717) is 36.3 Å². The average Bonchev–Trinajstić information content (AvgIpc) is 2.50. The van der Waals surface area contributed by atoms with Crippen LogP contribution in [0.25, 0.3) is 0 Å². The lowest BCUT2D eigenvalue weighted by atomic mass is 10.2. The monoisotopic (exact) mass is 313 g/mol. The van der Waals surface area contributed by atoms with Gasteiger partial charge in [0.2, 0.25) is 0 Å². The number of hydrogen-bond donors (Lipinski definition) is 1. The van der Waals surface area contributed by atoms with Gasteiger partial charge in [0.1, 0.15) is 18.4 Å². The number of rotatable bonds is 9. The van der Waals surface area contributed by atoms with Crippen molar-refractivity contribution in [2.45, 2.75) is 13.0 Å². The van der Waals surface area contributed by atoms with Crippen LogP contribution in [0.15, 0.2) is 30.9 Å². The van der Waals surface area contributed by atoms with Crippen LogP contribution < -0.4 is 10.1 Å². The van der Waals surface area contributed by atoms with Crippen molar-refractivity contribution >= 4 is 23.3 Å². The maximum Gasteiger partial charge on any atom is 0.332 e. The summed E-state index contributed by atoms with van der Waals surface area (Å²) in [6.45, 7) is 7.05. The predicted octanol–water partition coefficient (Wildman–Crippen LogP) is 2.89. The molecule has 1 aromatic rings. The second kappa shape index (κ2) is 9.26. The van der Waals surface area contributed by atoms with E-state index in [1.54, 1.807) is 18.2 Å². The van der Waals surface area contributed by atoms with Crippen LogP contribution in [0.4, 0.5) is 5.69 Å². The molecule has 0 saturated heterocycles. The molecule has 0 heterocycles. The number of carbonyl (C=O) groups excluding carboxylic acids is 1. The molecule has 0 amide bonds. The Balaban J connectivity index is 2.80. The number of methoxy groups -OCH3 is 1. The van der Waals surface area contributed by atoms with Gasteiger partial charge in [-0.15, -0.1) is 6.58 Å². The fourth-order valence-corrected chi connectivity index (χ4v) is 1.78. The lowest BCUT2D eigenvalue weighted by molar-refractivity contribution is -0.140. The van der Waals surface area contributed by atoms with E-state index in [-0.39, 0.29) is 0 Å². The lowest BCUT2D eigenvalue weighted by Crippen LogP contribution is -2.28. The van der Waals surface area contributed by atoms with E-state index in [2.05, 4.69) is 11.9 Å². The molecular formula is C15H20ClNO4. The standard InChI is InChI=1S/C15H20ClNO4/c1-4-12(15(18)19-3)17-13-10-11(16)6-7-14(13)21-9-8-20-5-2/h4,6-7,10,12,17H,1,5,8-9H2,2-3H3. The molecule has 1 aromatic carbocycles. The molecule has 21 heavy (non-hydrogen) atoms. The summed E-state index contributed by atoms with van der Waals surface area (Å²) in [5.41, 5.74) is 0.592. The Morgan fingerprint density at radius 3 is 2.86 bits per heavy atom. The molecule has 6 heteroatoms. The number of benzene rings is 1. The van der Waals surface area contributed by atoms with Crippen molar-refractivity contribution in [1.82, 2.24) is 0 Å². The molecule has 0 bridgehead atoms. The third-order valence-corrected chi connectivity index (χ3v) is 2.87. The Morgan fingerprint density at radius 2 is 2.24 bits per heavy atom. The highest BCUT2D eigenvalue weighted by molar-refractivity contribution is 6.30. The molecule has 0 saturated carbocycles. The largest absolute Gasteiger partial charge is 0.489 e. The van der Waals surface area contributed by atoms with Crippen LogP contribution in [-0.2, 0) is 14.3 Å². The third kappa shape index (κ3) is 5.65. The molecule has 0 aliphatic carbocycles. The SMILES string of the molecule is C=CC(Nc1cc(Cl)ccc1OCCOCC)C(=O)OC. The van der Waals surface area contributed by atoms with Crippen molar-refractivity contribution in [3.05, 3.63) is 35.9 Å². The fraction of sp³-hybridized carbons (Fsp3) is 0.400. The van der Waals surface area contributed by atoms with Gasteiger partial charge in [-0.25, -0.2) is 4.79 Å². The van der Waals surface area contributed by atoms with Gasteiger partial charge >= 0.3 is 5.97 Å². The number of halogens is 1. The number of esters is 1. The van der Waals surface area contributed by atoms with Crippen LogP contribution in [0.3, 0.4) is 0 Å². The summed E-state index contributed by atoms with van der Waals surface area (Å²) in [7, 11) is 1.32. The molecule has 0 fully saturated rings. The molecule has 1 N–H and O–H groups in total. The Bertz CT molecular complexity index is 479. The summed E-state index contributed by atoms with van der Waals surface area (Å²) >= 11 is 5.98. The molecule has 1 atom stereocenters. The normalized spacial score (nSPS) is 11.6.